The third kappa shape index (κ3) is 1.32. The molecule has 0 amide bonds. The number of hydrogen-bond acceptors (Lipinski definition) is 4. The molecule has 2 rings (SSSR count). The summed E-state index contributed by atoms with van der Waals surface area (Å²) < 4.78 is 5.32. The monoisotopic (exact) mass is 192 g/mol. The number of nitro groups is 1. The van der Waals surface area contributed by atoms with Crippen molar-refractivity contribution < 1.29 is 9.34 Å². The van der Waals surface area contributed by atoms with Crippen LogP contribution in [0, 0.1) is 10.1 Å². The highest BCUT2D eigenvalue weighted by Gasteiger charge is 2.10. The first-order valence-electron chi connectivity index (χ1n) is 4.24. The molecule has 0 fully saturated rings. The Morgan fingerprint density at radius 1 is 1.57 bits per heavy atom. The second-order valence-corrected chi connectivity index (χ2v) is 2.87. The Balaban J connectivity index is 2.59. The average Bonchev–Trinajstić information content (AvgIpc) is 2.58. The molecule has 1 aromatic carbocycles. The number of benzene rings is 1. The summed E-state index contributed by atoms with van der Waals surface area (Å²) in [4.78, 5) is 14.1. The van der Waals surface area contributed by atoms with Gasteiger partial charge in [-0.3, -0.25) is 10.1 Å². The van der Waals surface area contributed by atoms with Gasteiger partial charge in [-0.1, -0.05) is 6.92 Å². The lowest BCUT2D eigenvalue weighted by molar-refractivity contribution is -0.384. The fourth-order valence-electron chi connectivity index (χ4n) is 1.23. The predicted octanol–water partition coefficient (Wildman–Crippen LogP) is 2.30. The number of non-ortho nitro benzene ring substituents is 1. The van der Waals surface area contributed by atoms with Crippen molar-refractivity contribution in [1.82, 2.24) is 4.98 Å². The van der Waals surface area contributed by atoms with Crippen molar-refractivity contribution in [2.45, 2.75) is 13.3 Å². The smallest absolute Gasteiger partial charge is 0.271 e. The van der Waals surface area contributed by atoms with E-state index in [4.69, 9.17) is 4.42 Å². The molecule has 0 unspecified atom stereocenters. The molecule has 1 aromatic heterocycles. The standard InChI is InChI=1S/C9H8N2O3/c1-2-9-10-7-5-6(11(12)13)3-4-8(7)14-9/h3-5H,2H2,1H3. The van der Waals surface area contributed by atoms with Gasteiger partial charge in [0.25, 0.3) is 5.69 Å². The van der Waals surface area contributed by atoms with Crippen LogP contribution < -0.4 is 0 Å². The van der Waals surface area contributed by atoms with Crippen LogP contribution in [0.25, 0.3) is 11.1 Å². The Bertz CT molecular complexity index is 490. The van der Waals surface area contributed by atoms with Crippen LogP contribution in [-0.4, -0.2) is 9.91 Å². The summed E-state index contributed by atoms with van der Waals surface area (Å²) >= 11 is 0. The van der Waals surface area contributed by atoms with Crippen molar-refractivity contribution in [3.63, 3.8) is 0 Å². The molecule has 2 aromatic rings. The molecule has 0 aliphatic carbocycles. The van der Waals surface area contributed by atoms with Gasteiger partial charge in [0.2, 0.25) is 0 Å². The average molecular weight is 192 g/mol. The maximum absolute atomic E-state index is 10.5. The number of nitrogens with zero attached hydrogens (tertiary/aromatic N) is 2. The van der Waals surface area contributed by atoms with Crippen molar-refractivity contribution in [1.29, 1.82) is 0 Å². The lowest BCUT2D eigenvalue weighted by Crippen LogP contribution is -1.86. The highest BCUT2D eigenvalue weighted by atomic mass is 16.6. The van der Waals surface area contributed by atoms with E-state index in [1.165, 1.54) is 12.1 Å². The summed E-state index contributed by atoms with van der Waals surface area (Å²) in [5, 5.41) is 10.5. The number of rotatable bonds is 2. The van der Waals surface area contributed by atoms with Crippen LogP contribution in [0.15, 0.2) is 22.6 Å². The molecule has 0 saturated carbocycles. The zero-order valence-corrected chi connectivity index (χ0v) is 7.56. The van der Waals surface area contributed by atoms with E-state index < -0.39 is 4.92 Å². The minimum atomic E-state index is -0.445. The Labute approximate surface area is 79.5 Å². The molecule has 0 aliphatic heterocycles. The summed E-state index contributed by atoms with van der Waals surface area (Å²) in [6.45, 7) is 1.92. The lowest BCUT2D eigenvalue weighted by atomic mass is 10.3. The van der Waals surface area contributed by atoms with Gasteiger partial charge in [-0.2, -0.15) is 0 Å². The molecular weight excluding hydrogens is 184 g/mol. The van der Waals surface area contributed by atoms with Gasteiger partial charge in [0.05, 0.1) is 4.92 Å². The van der Waals surface area contributed by atoms with E-state index in [9.17, 15) is 10.1 Å². The van der Waals surface area contributed by atoms with E-state index in [0.717, 1.165) is 0 Å². The third-order valence-corrected chi connectivity index (χ3v) is 1.93. The van der Waals surface area contributed by atoms with Crippen molar-refractivity contribution in [3.8, 4) is 0 Å². The fourth-order valence-corrected chi connectivity index (χ4v) is 1.23. The van der Waals surface area contributed by atoms with Gasteiger partial charge >= 0.3 is 0 Å². The maximum atomic E-state index is 10.5. The summed E-state index contributed by atoms with van der Waals surface area (Å²) in [6, 6.07) is 4.39. The molecule has 0 aliphatic rings. The van der Waals surface area contributed by atoms with Crippen LogP contribution >= 0.6 is 0 Å². The molecule has 0 bridgehead atoms. The van der Waals surface area contributed by atoms with Crippen molar-refractivity contribution in [3.05, 3.63) is 34.2 Å². The number of fused-ring (bicyclic) bond motifs is 1. The quantitative estimate of drug-likeness (QED) is 0.540. The van der Waals surface area contributed by atoms with Crippen molar-refractivity contribution in [2.24, 2.45) is 0 Å². The number of aromatic nitrogens is 1. The van der Waals surface area contributed by atoms with Crippen LogP contribution in [0.5, 0.6) is 0 Å². The summed E-state index contributed by atoms with van der Waals surface area (Å²) in [7, 11) is 0. The highest BCUT2D eigenvalue weighted by Crippen LogP contribution is 2.21. The van der Waals surface area contributed by atoms with Gasteiger partial charge in [-0.15, -0.1) is 0 Å². The van der Waals surface area contributed by atoms with Crippen LogP contribution in [0.4, 0.5) is 5.69 Å². The first-order valence-corrected chi connectivity index (χ1v) is 4.24. The van der Waals surface area contributed by atoms with Gasteiger partial charge in [0.1, 0.15) is 5.52 Å². The van der Waals surface area contributed by atoms with E-state index in [1.54, 1.807) is 6.07 Å². The molecular formula is C9H8N2O3. The van der Waals surface area contributed by atoms with Gasteiger partial charge in [-0.25, -0.2) is 4.98 Å². The van der Waals surface area contributed by atoms with E-state index in [-0.39, 0.29) is 5.69 Å². The molecule has 5 heteroatoms. The van der Waals surface area contributed by atoms with Crippen LogP contribution in [0.1, 0.15) is 12.8 Å². The number of oxazole rings is 1. The first-order chi connectivity index (χ1) is 6.70. The second-order valence-electron chi connectivity index (χ2n) is 2.87. The SMILES string of the molecule is CCc1nc2cc([N+](=O)[O-])ccc2o1. The molecule has 0 saturated heterocycles. The highest BCUT2D eigenvalue weighted by molar-refractivity contribution is 5.75. The number of nitro benzene ring substituents is 1. The molecule has 0 radical (unpaired) electrons. The van der Waals surface area contributed by atoms with Gasteiger partial charge in [0.15, 0.2) is 11.5 Å². The Morgan fingerprint density at radius 3 is 3.00 bits per heavy atom. The molecule has 1 heterocycles. The summed E-state index contributed by atoms with van der Waals surface area (Å²) in [6.07, 6.45) is 0.683. The normalized spacial score (nSPS) is 10.6. The second kappa shape index (κ2) is 3.10. The zero-order valence-electron chi connectivity index (χ0n) is 7.56. The lowest BCUT2D eigenvalue weighted by Gasteiger charge is -1.88. The van der Waals surface area contributed by atoms with Crippen molar-refractivity contribution >= 4 is 16.8 Å². The number of hydrogen-bond donors (Lipinski definition) is 0. The first kappa shape index (κ1) is 8.68. The van der Waals surface area contributed by atoms with E-state index in [0.29, 0.717) is 23.4 Å². The van der Waals surface area contributed by atoms with Crippen molar-refractivity contribution in [2.75, 3.05) is 0 Å². The molecule has 5 nitrogen and oxygen atoms in total. The van der Waals surface area contributed by atoms with Gasteiger partial charge < -0.3 is 4.42 Å². The van der Waals surface area contributed by atoms with E-state index in [2.05, 4.69) is 4.98 Å². The Kier molecular flexibility index (Phi) is 1.92. The molecule has 0 spiro atoms. The minimum absolute atomic E-state index is 0.0356. The Hall–Kier alpha value is -1.91. The molecule has 72 valence electrons. The van der Waals surface area contributed by atoms with Crippen LogP contribution in [0.2, 0.25) is 0 Å². The summed E-state index contributed by atoms with van der Waals surface area (Å²) in [5.74, 6) is 0.598. The molecule has 0 N–H and O–H groups in total. The van der Waals surface area contributed by atoms with Gasteiger partial charge in [-0.05, 0) is 6.07 Å². The number of aryl methyl sites for hydroxylation is 1. The fraction of sp³-hybridized carbons (Fsp3) is 0.222. The maximum Gasteiger partial charge on any atom is 0.271 e. The predicted molar refractivity (Wildman–Crippen MR) is 50.0 cm³/mol. The van der Waals surface area contributed by atoms with E-state index in [1.807, 2.05) is 6.92 Å². The molecule has 14 heavy (non-hydrogen) atoms. The third-order valence-electron chi connectivity index (χ3n) is 1.93. The van der Waals surface area contributed by atoms with E-state index >= 15 is 0 Å². The molecule has 0 atom stereocenters. The van der Waals surface area contributed by atoms with Gasteiger partial charge in [0, 0.05) is 18.6 Å². The minimum Gasteiger partial charge on any atom is -0.441 e. The topological polar surface area (TPSA) is 69.2 Å². The largest absolute Gasteiger partial charge is 0.441 e. The van der Waals surface area contributed by atoms with Crippen LogP contribution in [0.3, 0.4) is 0 Å². The van der Waals surface area contributed by atoms with Crippen LogP contribution in [-0.2, 0) is 6.42 Å². The Morgan fingerprint density at radius 2 is 2.36 bits per heavy atom. The zero-order chi connectivity index (χ0) is 10.1. The summed E-state index contributed by atoms with van der Waals surface area (Å²) in [5.41, 5.74) is 1.16.